The number of nitrogens with zero attached hydrogens (tertiary/aromatic N) is 2. The second-order valence-corrected chi connectivity index (χ2v) is 5.87. The molecule has 124 valence electrons. The Morgan fingerprint density at radius 3 is 2.58 bits per heavy atom. The van der Waals surface area contributed by atoms with E-state index in [1.165, 1.54) is 18.3 Å². The summed E-state index contributed by atoms with van der Waals surface area (Å²) in [5, 5.41) is 18.3. The van der Waals surface area contributed by atoms with Crippen LogP contribution in [0.5, 0.6) is 0 Å². The van der Waals surface area contributed by atoms with Crippen molar-refractivity contribution in [2.45, 2.75) is 13.8 Å². The SMILES string of the molecule is Cc1cccc(C)c1NC(=S)N/N=C/c1ccc(Cl)c([N+](=O)[O-])c1. The molecule has 0 unspecified atom stereocenters. The van der Waals surface area contributed by atoms with Gasteiger partial charge >= 0.3 is 0 Å². The molecule has 0 atom stereocenters. The first-order valence-corrected chi connectivity index (χ1v) is 7.77. The summed E-state index contributed by atoms with van der Waals surface area (Å²) in [7, 11) is 0. The lowest BCUT2D eigenvalue weighted by atomic mass is 10.1. The van der Waals surface area contributed by atoms with Gasteiger partial charge in [-0.25, -0.2) is 0 Å². The molecule has 8 heteroatoms. The van der Waals surface area contributed by atoms with Crippen LogP contribution in [0.2, 0.25) is 5.02 Å². The Bertz CT molecular complexity index is 803. The van der Waals surface area contributed by atoms with Crippen molar-refractivity contribution >= 4 is 46.5 Å². The molecule has 0 saturated carbocycles. The minimum Gasteiger partial charge on any atom is -0.331 e. The molecule has 0 bridgehead atoms. The fourth-order valence-electron chi connectivity index (χ4n) is 2.07. The van der Waals surface area contributed by atoms with E-state index >= 15 is 0 Å². The largest absolute Gasteiger partial charge is 0.331 e. The number of nitrogens with one attached hydrogen (secondary N) is 2. The molecule has 0 aliphatic carbocycles. The topological polar surface area (TPSA) is 79.6 Å². The van der Waals surface area contributed by atoms with Crippen LogP contribution >= 0.6 is 23.8 Å². The Labute approximate surface area is 149 Å². The Morgan fingerprint density at radius 2 is 1.96 bits per heavy atom. The molecule has 24 heavy (non-hydrogen) atoms. The number of hydrogen-bond acceptors (Lipinski definition) is 4. The molecule has 0 aliphatic heterocycles. The van der Waals surface area contributed by atoms with Crippen LogP contribution in [0.15, 0.2) is 41.5 Å². The molecule has 0 saturated heterocycles. The average molecular weight is 363 g/mol. The van der Waals surface area contributed by atoms with Gasteiger partial charge in [-0.05, 0) is 43.3 Å². The zero-order valence-electron chi connectivity index (χ0n) is 13.0. The first-order valence-electron chi connectivity index (χ1n) is 6.98. The minimum absolute atomic E-state index is 0.0809. The van der Waals surface area contributed by atoms with E-state index in [1.807, 2.05) is 32.0 Å². The number of hydrogen-bond donors (Lipinski definition) is 2. The molecule has 2 N–H and O–H groups in total. The van der Waals surface area contributed by atoms with Crippen LogP contribution < -0.4 is 10.7 Å². The monoisotopic (exact) mass is 362 g/mol. The highest BCUT2D eigenvalue weighted by molar-refractivity contribution is 7.80. The molecule has 0 spiro atoms. The highest BCUT2D eigenvalue weighted by atomic mass is 35.5. The molecule has 0 fully saturated rings. The summed E-state index contributed by atoms with van der Waals surface area (Å²) in [6.45, 7) is 3.96. The first kappa shape index (κ1) is 17.8. The maximum atomic E-state index is 10.9. The van der Waals surface area contributed by atoms with Gasteiger partial charge in [-0.15, -0.1) is 0 Å². The second-order valence-electron chi connectivity index (χ2n) is 5.06. The fraction of sp³-hybridized carbons (Fsp3) is 0.125. The van der Waals surface area contributed by atoms with Crippen molar-refractivity contribution in [1.29, 1.82) is 0 Å². The number of rotatable bonds is 4. The summed E-state index contributed by atoms with van der Waals surface area (Å²) in [4.78, 5) is 10.3. The van der Waals surface area contributed by atoms with Gasteiger partial charge in [0.15, 0.2) is 5.11 Å². The van der Waals surface area contributed by atoms with Gasteiger partial charge in [-0.1, -0.05) is 35.9 Å². The number of hydrazone groups is 1. The summed E-state index contributed by atoms with van der Waals surface area (Å²) in [6, 6.07) is 10.4. The highest BCUT2D eigenvalue weighted by Gasteiger charge is 2.11. The number of anilines is 1. The molecule has 0 heterocycles. The minimum atomic E-state index is -0.541. The molecule has 0 radical (unpaired) electrons. The van der Waals surface area contributed by atoms with Gasteiger partial charge < -0.3 is 5.32 Å². The number of para-hydroxylation sites is 1. The quantitative estimate of drug-likeness (QED) is 0.369. The van der Waals surface area contributed by atoms with Gasteiger partial charge in [0.05, 0.1) is 11.1 Å². The van der Waals surface area contributed by atoms with E-state index in [-0.39, 0.29) is 10.7 Å². The molecule has 0 aromatic heterocycles. The van der Waals surface area contributed by atoms with Gasteiger partial charge in [-0.3, -0.25) is 15.5 Å². The van der Waals surface area contributed by atoms with Crippen molar-refractivity contribution in [3.8, 4) is 0 Å². The molecule has 2 rings (SSSR count). The predicted octanol–water partition coefficient (Wildman–Crippen LogP) is 4.19. The van der Waals surface area contributed by atoms with Gasteiger partial charge in [0.25, 0.3) is 5.69 Å². The third-order valence-corrected chi connectivity index (χ3v) is 3.78. The highest BCUT2D eigenvalue weighted by Crippen LogP contribution is 2.24. The second kappa shape index (κ2) is 7.85. The van der Waals surface area contributed by atoms with E-state index in [0.717, 1.165) is 16.8 Å². The van der Waals surface area contributed by atoms with Crippen molar-refractivity contribution in [3.63, 3.8) is 0 Å². The number of nitro groups is 1. The molecule has 0 aliphatic rings. The zero-order chi connectivity index (χ0) is 17.7. The Morgan fingerprint density at radius 1 is 1.29 bits per heavy atom. The van der Waals surface area contributed by atoms with Crippen molar-refractivity contribution in [2.75, 3.05) is 5.32 Å². The molecule has 6 nitrogen and oxygen atoms in total. The molecular weight excluding hydrogens is 348 g/mol. The first-order chi connectivity index (χ1) is 11.4. The van der Waals surface area contributed by atoms with Crippen LogP contribution in [0.1, 0.15) is 16.7 Å². The number of benzene rings is 2. The molecule has 2 aromatic carbocycles. The van der Waals surface area contributed by atoms with Gasteiger partial charge in [0.1, 0.15) is 5.02 Å². The number of thiocarbonyl (C=S) groups is 1. The van der Waals surface area contributed by atoms with Gasteiger partial charge in [0.2, 0.25) is 0 Å². The third kappa shape index (κ3) is 4.50. The van der Waals surface area contributed by atoms with Gasteiger partial charge in [-0.2, -0.15) is 5.10 Å². The van der Waals surface area contributed by atoms with Crippen molar-refractivity contribution in [1.82, 2.24) is 5.43 Å². The maximum absolute atomic E-state index is 10.9. The van der Waals surface area contributed by atoms with Crippen LogP contribution in [-0.2, 0) is 0 Å². The average Bonchev–Trinajstić information content (AvgIpc) is 2.52. The molecule has 0 amide bonds. The molecule has 2 aromatic rings. The summed E-state index contributed by atoms with van der Waals surface area (Å²) >= 11 is 11.0. The lowest BCUT2D eigenvalue weighted by Gasteiger charge is -2.12. The third-order valence-electron chi connectivity index (χ3n) is 3.27. The van der Waals surface area contributed by atoms with Crippen molar-refractivity contribution < 1.29 is 4.92 Å². The van der Waals surface area contributed by atoms with Crippen molar-refractivity contribution in [2.24, 2.45) is 5.10 Å². The van der Waals surface area contributed by atoms with E-state index in [1.54, 1.807) is 6.07 Å². The lowest BCUT2D eigenvalue weighted by molar-refractivity contribution is -0.384. The van der Waals surface area contributed by atoms with E-state index in [4.69, 9.17) is 23.8 Å². The standard InChI is InChI=1S/C16H15ClN4O2S/c1-10-4-3-5-11(2)15(10)19-16(24)20-18-9-12-6-7-13(17)14(8-12)21(22)23/h3-9H,1-2H3,(H2,19,20,24)/b18-9+. The Hall–Kier alpha value is -2.51. The summed E-state index contributed by atoms with van der Waals surface area (Å²) < 4.78 is 0. The smallest absolute Gasteiger partial charge is 0.288 e. The predicted molar refractivity (Wildman–Crippen MR) is 101 cm³/mol. The van der Waals surface area contributed by atoms with E-state index in [9.17, 15) is 10.1 Å². The maximum Gasteiger partial charge on any atom is 0.288 e. The zero-order valence-corrected chi connectivity index (χ0v) is 14.6. The van der Waals surface area contributed by atoms with Gasteiger partial charge in [0, 0.05) is 17.3 Å². The molecular formula is C16H15ClN4O2S. The fourth-order valence-corrected chi connectivity index (χ4v) is 2.41. The normalized spacial score (nSPS) is 10.6. The van der Waals surface area contributed by atoms with Crippen LogP contribution in [0.4, 0.5) is 11.4 Å². The van der Waals surface area contributed by atoms with Crippen LogP contribution in [-0.4, -0.2) is 16.3 Å². The summed E-state index contributed by atoms with van der Waals surface area (Å²) in [5.74, 6) is 0. The number of halogens is 1. The Kier molecular flexibility index (Phi) is 5.83. The summed E-state index contributed by atoms with van der Waals surface area (Å²) in [5.41, 5.74) is 6.11. The van der Waals surface area contributed by atoms with Crippen LogP contribution in [0, 0.1) is 24.0 Å². The van der Waals surface area contributed by atoms with Crippen LogP contribution in [0.25, 0.3) is 0 Å². The van der Waals surface area contributed by atoms with E-state index in [2.05, 4.69) is 15.8 Å². The summed E-state index contributed by atoms with van der Waals surface area (Å²) in [6.07, 6.45) is 1.43. The number of nitro benzene ring substituents is 1. The Balaban J connectivity index is 2.03. The van der Waals surface area contributed by atoms with Crippen molar-refractivity contribution in [3.05, 3.63) is 68.2 Å². The number of aryl methyl sites for hydroxylation is 2. The van der Waals surface area contributed by atoms with E-state index < -0.39 is 4.92 Å². The lowest BCUT2D eigenvalue weighted by Crippen LogP contribution is -2.24. The van der Waals surface area contributed by atoms with Crippen LogP contribution in [0.3, 0.4) is 0 Å². The van der Waals surface area contributed by atoms with E-state index in [0.29, 0.717) is 10.7 Å².